The molecule has 7 nitrogen and oxygen atoms in total. The topological polar surface area (TPSA) is 90.3 Å². The van der Waals surface area contributed by atoms with Crippen molar-refractivity contribution in [3.63, 3.8) is 0 Å². The Morgan fingerprint density at radius 2 is 2.04 bits per heavy atom. The van der Waals surface area contributed by atoms with Gasteiger partial charge >= 0.3 is 5.97 Å². The van der Waals surface area contributed by atoms with Crippen LogP contribution in [0.4, 0.5) is 0 Å². The van der Waals surface area contributed by atoms with Crippen LogP contribution in [0.3, 0.4) is 0 Å². The lowest BCUT2D eigenvalue weighted by atomic mass is 9.95. The molecule has 0 aromatic carbocycles. The van der Waals surface area contributed by atoms with Crippen LogP contribution in [0.5, 0.6) is 0 Å². The zero-order chi connectivity index (χ0) is 17.5. The van der Waals surface area contributed by atoms with Crippen LogP contribution in [-0.2, 0) is 16.1 Å². The number of nitrogens with zero attached hydrogens (tertiary/aromatic N) is 2. The maximum atomic E-state index is 12.1. The Balaban J connectivity index is 1.94. The first-order valence-corrected chi connectivity index (χ1v) is 8.60. The van der Waals surface area contributed by atoms with Gasteiger partial charge in [-0.3, -0.25) is 9.59 Å². The maximum Gasteiger partial charge on any atom is 0.359 e. The number of aryl methyl sites for hydroxylation is 1. The van der Waals surface area contributed by atoms with Crippen LogP contribution >= 0.6 is 0 Å². The minimum Gasteiger partial charge on any atom is -0.448 e. The second-order valence-corrected chi connectivity index (χ2v) is 6.17. The Labute approximate surface area is 141 Å². The highest BCUT2D eigenvalue weighted by Crippen LogP contribution is 2.17. The van der Waals surface area contributed by atoms with E-state index in [4.69, 9.17) is 4.74 Å². The van der Waals surface area contributed by atoms with Gasteiger partial charge in [0.25, 0.3) is 11.5 Å². The highest BCUT2D eigenvalue weighted by molar-refractivity contribution is 5.90. The van der Waals surface area contributed by atoms with E-state index in [0.717, 1.165) is 32.1 Å². The maximum absolute atomic E-state index is 12.1. The van der Waals surface area contributed by atoms with Crippen LogP contribution in [-0.4, -0.2) is 33.8 Å². The van der Waals surface area contributed by atoms with Crippen molar-refractivity contribution in [3.8, 4) is 0 Å². The van der Waals surface area contributed by atoms with Crippen molar-refractivity contribution in [1.29, 1.82) is 0 Å². The number of esters is 1. The first-order chi connectivity index (χ1) is 11.5. The minimum absolute atomic E-state index is 0.0281. The molecule has 0 radical (unpaired) electrons. The summed E-state index contributed by atoms with van der Waals surface area (Å²) in [6.45, 7) is 3.88. The molecule has 24 heavy (non-hydrogen) atoms. The molecule has 1 aliphatic rings. The number of amides is 1. The number of nitrogens with one attached hydrogen (secondary N) is 1. The lowest BCUT2D eigenvalue weighted by molar-refractivity contribution is -0.130. The Morgan fingerprint density at radius 1 is 1.33 bits per heavy atom. The lowest BCUT2D eigenvalue weighted by Crippen LogP contribution is -2.43. The van der Waals surface area contributed by atoms with E-state index in [9.17, 15) is 14.4 Å². The molecule has 2 rings (SSSR count). The third-order valence-corrected chi connectivity index (χ3v) is 4.12. The third kappa shape index (κ3) is 4.91. The molecule has 1 heterocycles. The Kier molecular flexibility index (Phi) is 6.52. The van der Waals surface area contributed by atoms with Crippen LogP contribution < -0.4 is 10.9 Å². The number of carbonyl (C=O) groups excluding carboxylic acids is 2. The molecule has 0 aliphatic heterocycles. The van der Waals surface area contributed by atoms with Gasteiger partial charge < -0.3 is 10.1 Å². The monoisotopic (exact) mass is 335 g/mol. The van der Waals surface area contributed by atoms with E-state index in [1.54, 1.807) is 0 Å². The molecule has 7 heteroatoms. The zero-order valence-corrected chi connectivity index (χ0v) is 14.3. The van der Waals surface area contributed by atoms with Crippen LogP contribution in [0.25, 0.3) is 0 Å². The molecular weight excluding hydrogens is 310 g/mol. The van der Waals surface area contributed by atoms with Crippen molar-refractivity contribution >= 4 is 11.9 Å². The highest BCUT2D eigenvalue weighted by Gasteiger charge is 2.23. The van der Waals surface area contributed by atoms with Crippen LogP contribution in [0.1, 0.15) is 62.9 Å². The molecule has 1 unspecified atom stereocenters. The second kappa shape index (κ2) is 8.61. The summed E-state index contributed by atoms with van der Waals surface area (Å²) in [4.78, 5) is 35.9. The predicted octanol–water partition coefficient (Wildman–Crippen LogP) is 1.65. The fraction of sp³-hybridized carbons (Fsp3) is 0.647. The van der Waals surface area contributed by atoms with Crippen molar-refractivity contribution < 1.29 is 14.3 Å². The summed E-state index contributed by atoms with van der Waals surface area (Å²) in [6, 6.07) is 2.77. The van der Waals surface area contributed by atoms with E-state index in [-0.39, 0.29) is 23.2 Å². The zero-order valence-electron chi connectivity index (χ0n) is 14.3. The Hall–Kier alpha value is -2.18. The molecule has 1 saturated carbocycles. The molecule has 0 bridgehead atoms. The van der Waals surface area contributed by atoms with Gasteiger partial charge in [0.1, 0.15) is 0 Å². The molecule has 1 aromatic heterocycles. The molecule has 1 fully saturated rings. The van der Waals surface area contributed by atoms with E-state index >= 15 is 0 Å². The quantitative estimate of drug-likeness (QED) is 0.798. The average Bonchev–Trinajstić information content (AvgIpc) is 2.57. The summed E-state index contributed by atoms with van der Waals surface area (Å²) in [5.41, 5.74) is -0.239. The van der Waals surface area contributed by atoms with Crippen molar-refractivity contribution in [2.45, 2.75) is 71.1 Å². The summed E-state index contributed by atoms with van der Waals surface area (Å²) in [5.74, 6) is -0.997. The van der Waals surface area contributed by atoms with Gasteiger partial charge in [-0.05, 0) is 32.3 Å². The van der Waals surface area contributed by atoms with Gasteiger partial charge in [0.05, 0.1) is 0 Å². The lowest BCUT2D eigenvalue weighted by Gasteiger charge is -2.24. The number of ether oxygens (including phenoxy) is 1. The first kappa shape index (κ1) is 18.2. The van der Waals surface area contributed by atoms with Crippen molar-refractivity contribution in [2.24, 2.45) is 0 Å². The average molecular weight is 335 g/mol. The van der Waals surface area contributed by atoms with Crippen LogP contribution in [0.15, 0.2) is 16.9 Å². The summed E-state index contributed by atoms with van der Waals surface area (Å²) in [7, 11) is 0. The second-order valence-electron chi connectivity index (χ2n) is 6.17. The van der Waals surface area contributed by atoms with Gasteiger partial charge in [0.15, 0.2) is 11.8 Å². The van der Waals surface area contributed by atoms with E-state index in [1.807, 2.05) is 6.92 Å². The van der Waals surface area contributed by atoms with E-state index in [1.165, 1.54) is 30.2 Å². The largest absolute Gasteiger partial charge is 0.448 e. The van der Waals surface area contributed by atoms with Crippen LogP contribution in [0, 0.1) is 0 Å². The third-order valence-electron chi connectivity index (χ3n) is 4.12. The summed E-state index contributed by atoms with van der Waals surface area (Å²) in [5, 5.41) is 6.91. The Bertz CT molecular complexity index is 635. The highest BCUT2D eigenvalue weighted by atomic mass is 16.5. The van der Waals surface area contributed by atoms with Gasteiger partial charge in [0.2, 0.25) is 0 Å². The van der Waals surface area contributed by atoms with E-state index in [2.05, 4.69) is 10.4 Å². The molecule has 0 saturated heterocycles. The van der Waals surface area contributed by atoms with Crippen molar-refractivity contribution in [3.05, 3.63) is 28.2 Å². The summed E-state index contributed by atoms with van der Waals surface area (Å²) < 4.78 is 6.41. The van der Waals surface area contributed by atoms with Gasteiger partial charge in [-0.15, -0.1) is 0 Å². The molecule has 1 atom stereocenters. The van der Waals surface area contributed by atoms with Crippen LogP contribution in [0.2, 0.25) is 0 Å². The number of aromatic nitrogens is 2. The van der Waals surface area contributed by atoms with E-state index in [0.29, 0.717) is 6.54 Å². The van der Waals surface area contributed by atoms with Gasteiger partial charge in [0, 0.05) is 18.7 Å². The van der Waals surface area contributed by atoms with Gasteiger partial charge in [-0.25, -0.2) is 9.48 Å². The normalized spacial score (nSPS) is 16.4. The predicted molar refractivity (Wildman–Crippen MR) is 88.7 cm³/mol. The minimum atomic E-state index is -0.896. The van der Waals surface area contributed by atoms with Crippen molar-refractivity contribution in [2.75, 3.05) is 0 Å². The SMILES string of the molecule is CCCn1nc(C(=O)OC(C)C(=O)NC2CCCCC2)ccc1=O. The fourth-order valence-electron chi connectivity index (χ4n) is 2.77. The molecular formula is C17H25N3O4. The number of carbonyl (C=O) groups is 2. The number of hydrogen-bond acceptors (Lipinski definition) is 5. The molecule has 132 valence electrons. The fourth-order valence-corrected chi connectivity index (χ4v) is 2.77. The molecule has 1 amide bonds. The molecule has 1 aromatic rings. The Morgan fingerprint density at radius 3 is 2.71 bits per heavy atom. The standard InChI is InChI=1S/C17H25N3O4/c1-3-11-20-15(21)10-9-14(19-20)17(23)24-12(2)16(22)18-13-7-5-4-6-8-13/h9-10,12-13H,3-8,11H2,1-2H3,(H,18,22). The molecule has 1 N–H and O–H groups in total. The first-order valence-electron chi connectivity index (χ1n) is 8.60. The smallest absolute Gasteiger partial charge is 0.359 e. The van der Waals surface area contributed by atoms with Crippen molar-refractivity contribution in [1.82, 2.24) is 15.1 Å². The summed E-state index contributed by atoms with van der Waals surface area (Å²) >= 11 is 0. The molecule has 0 spiro atoms. The van der Waals surface area contributed by atoms with Gasteiger partial charge in [-0.2, -0.15) is 5.10 Å². The van der Waals surface area contributed by atoms with Gasteiger partial charge in [-0.1, -0.05) is 26.2 Å². The number of rotatable bonds is 6. The molecule has 1 aliphatic carbocycles. The van der Waals surface area contributed by atoms with E-state index < -0.39 is 12.1 Å². The summed E-state index contributed by atoms with van der Waals surface area (Å²) in [6.07, 6.45) is 5.20. The number of hydrogen-bond donors (Lipinski definition) is 1.